The highest BCUT2D eigenvalue weighted by molar-refractivity contribution is 6.33. The number of alkyl halides is 6. The summed E-state index contributed by atoms with van der Waals surface area (Å²) in [4.78, 5) is 75.9. The molecular weight excluding hydrogens is 718 g/mol. The number of benzene rings is 2. The van der Waals surface area contributed by atoms with Crippen molar-refractivity contribution in [1.82, 2.24) is 10.6 Å². The van der Waals surface area contributed by atoms with Crippen LogP contribution in [0.15, 0.2) is 24.3 Å². The Kier molecular flexibility index (Phi) is 12.9. The summed E-state index contributed by atoms with van der Waals surface area (Å²) in [6.45, 7) is 1.71. The van der Waals surface area contributed by atoms with Gasteiger partial charge in [-0.1, -0.05) is 0 Å². The van der Waals surface area contributed by atoms with Gasteiger partial charge in [-0.05, 0) is 38.1 Å². The number of halogens is 6. The summed E-state index contributed by atoms with van der Waals surface area (Å²) in [5, 5.41) is 29.2. The average molecular weight is 751 g/mol. The number of nitrogens with two attached hydrogens (primary N) is 2. The fourth-order valence-corrected chi connectivity index (χ4v) is 4.56. The first-order valence-corrected chi connectivity index (χ1v) is 15.0. The lowest BCUT2D eigenvalue weighted by Crippen LogP contribution is -2.48. The van der Waals surface area contributed by atoms with Crippen LogP contribution in [0.4, 0.5) is 37.7 Å². The third-order valence-corrected chi connectivity index (χ3v) is 7.23. The zero-order valence-electron chi connectivity index (χ0n) is 27.0. The van der Waals surface area contributed by atoms with Gasteiger partial charge in [-0.3, -0.25) is 19.2 Å². The number of carbonyl (C=O) groups is 6. The minimum Gasteiger partial charge on any atom is -0.419 e. The van der Waals surface area contributed by atoms with Gasteiger partial charge in [0.1, 0.15) is 23.6 Å². The molecule has 0 spiro atoms. The molecule has 0 aliphatic heterocycles. The molecule has 22 heteroatoms. The largest absolute Gasteiger partial charge is 0.491 e. The highest BCUT2D eigenvalue weighted by atomic mass is 19.4. The van der Waals surface area contributed by atoms with Gasteiger partial charge in [0.15, 0.2) is 0 Å². The molecule has 0 saturated carbocycles. The van der Waals surface area contributed by atoms with Gasteiger partial charge in [0.05, 0.1) is 34.5 Å². The van der Waals surface area contributed by atoms with Gasteiger partial charge >= 0.3 is 24.3 Å². The number of aliphatic hydroxyl groups excluding tert-OH is 2. The molecule has 0 saturated heterocycles. The van der Waals surface area contributed by atoms with E-state index in [9.17, 15) is 65.3 Å². The Morgan fingerprint density at radius 2 is 0.962 bits per heavy atom. The molecule has 52 heavy (non-hydrogen) atoms. The molecule has 2 aromatic carbocycles. The Morgan fingerprint density at radius 3 is 1.25 bits per heavy atom. The molecule has 1 aliphatic carbocycles. The second-order valence-corrected chi connectivity index (χ2v) is 11.1. The molecule has 0 unspecified atom stereocenters. The van der Waals surface area contributed by atoms with Gasteiger partial charge in [-0.25, -0.2) is 9.59 Å². The van der Waals surface area contributed by atoms with Crippen molar-refractivity contribution in [1.29, 1.82) is 0 Å². The van der Waals surface area contributed by atoms with E-state index in [2.05, 4.69) is 30.7 Å². The molecule has 10 N–H and O–H groups in total. The van der Waals surface area contributed by atoms with Crippen molar-refractivity contribution in [3.63, 3.8) is 0 Å². The van der Waals surface area contributed by atoms with Crippen LogP contribution in [0, 0.1) is 0 Å². The molecule has 284 valence electrons. The van der Waals surface area contributed by atoms with Crippen molar-refractivity contribution in [3.8, 4) is 11.5 Å². The summed E-state index contributed by atoms with van der Waals surface area (Å²) in [7, 11) is 0. The molecule has 4 atom stereocenters. The third kappa shape index (κ3) is 9.51. The average Bonchev–Trinajstić information content (AvgIpc) is 3.05. The maximum Gasteiger partial charge on any atom is 0.491 e. The summed E-state index contributed by atoms with van der Waals surface area (Å²) in [5.74, 6) is -12.4. The normalized spacial score (nSPS) is 14.9. The van der Waals surface area contributed by atoms with Crippen molar-refractivity contribution in [2.45, 2.75) is 50.5 Å². The van der Waals surface area contributed by atoms with Crippen molar-refractivity contribution in [2.75, 3.05) is 36.8 Å². The topological polar surface area (TPSA) is 261 Å². The fraction of sp³-hybridized carbons (Fsp3) is 0.400. The number of ether oxygens (including phenoxy) is 2. The van der Waals surface area contributed by atoms with Crippen LogP contribution in [0.3, 0.4) is 0 Å². The Balaban J connectivity index is 2.13. The number of amides is 2. The first-order valence-electron chi connectivity index (χ1n) is 15.0. The lowest BCUT2D eigenvalue weighted by Gasteiger charge is -2.26. The van der Waals surface area contributed by atoms with E-state index < -0.39 is 106 Å². The summed E-state index contributed by atoms with van der Waals surface area (Å²) >= 11 is 0. The van der Waals surface area contributed by atoms with Crippen LogP contribution in [-0.2, 0) is 19.2 Å². The number of anilines is 2. The molecule has 2 amide bonds. The molecule has 0 radical (unpaired) electrons. The van der Waals surface area contributed by atoms with Crippen LogP contribution in [0.5, 0.6) is 11.5 Å². The predicted octanol–water partition coefficient (Wildman–Crippen LogP) is -0.130. The molecule has 3 rings (SSSR count). The van der Waals surface area contributed by atoms with Gasteiger partial charge < -0.3 is 52.4 Å². The molecule has 0 heterocycles. The zero-order chi connectivity index (χ0) is 39.3. The second kappa shape index (κ2) is 16.4. The van der Waals surface area contributed by atoms with Crippen LogP contribution >= 0.6 is 0 Å². The number of ketones is 2. The van der Waals surface area contributed by atoms with Crippen molar-refractivity contribution < 1.29 is 74.8 Å². The Labute approximate surface area is 289 Å². The fourth-order valence-electron chi connectivity index (χ4n) is 4.56. The van der Waals surface area contributed by atoms with Crippen LogP contribution < -0.4 is 42.2 Å². The molecular formula is C30H32F6N6O10. The molecule has 16 nitrogen and oxygen atoms in total. The van der Waals surface area contributed by atoms with Gasteiger partial charge in [-0.15, -0.1) is 0 Å². The lowest BCUT2D eigenvalue weighted by molar-refractivity contribution is -0.190. The summed E-state index contributed by atoms with van der Waals surface area (Å²) in [6, 6.07) is 0.650. The molecule has 0 fully saturated rings. The van der Waals surface area contributed by atoms with E-state index >= 15 is 0 Å². The SMILES string of the molecule is C[C@@H](O)[C@H](N)C(=O)NCCNc1ccc(NCCNC(=O)[C@@H](N)[C@@H](C)O)c2c1C(=O)c1c(OC(=O)C(F)(F)F)ccc(OC(=O)C(F)(F)F)c1C2=O. The lowest BCUT2D eigenvalue weighted by atomic mass is 9.81. The first kappa shape index (κ1) is 41.1. The van der Waals surface area contributed by atoms with E-state index in [1.807, 2.05) is 0 Å². The quantitative estimate of drug-likeness (QED) is 0.0462. The van der Waals surface area contributed by atoms with Gasteiger partial charge in [0.25, 0.3) is 0 Å². The standard InChI is InChI=1S/C30H32F6N6O10/c1-11(43)21(37)25(47)41-9-7-39-13-3-4-14(40-8-10-42-26(48)22(38)12(2)44)18-17(13)23(45)19-15(51-27(49)29(31,32)33)5-6-16(20(19)24(18)46)52-28(50)30(34,35)36/h3-6,11-12,21-22,39-40,43-44H,7-10,37-38H2,1-2H3,(H,41,47)(H,42,48)/t11-,12-,21+,22+/m1/s1. The predicted molar refractivity (Wildman–Crippen MR) is 165 cm³/mol. The van der Waals surface area contributed by atoms with Crippen molar-refractivity contribution in [2.24, 2.45) is 11.5 Å². The Hall–Kier alpha value is -5.32. The Morgan fingerprint density at radius 1 is 0.635 bits per heavy atom. The minimum absolute atomic E-state index is 0.201. The van der Waals surface area contributed by atoms with E-state index in [0.29, 0.717) is 12.1 Å². The minimum atomic E-state index is -5.63. The van der Waals surface area contributed by atoms with Gasteiger partial charge in [0, 0.05) is 37.6 Å². The molecule has 1 aliphatic rings. The van der Waals surface area contributed by atoms with Crippen LogP contribution in [-0.4, -0.2) is 108 Å². The molecule has 0 aromatic heterocycles. The maximum atomic E-state index is 14.1. The van der Waals surface area contributed by atoms with Crippen LogP contribution in [0.2, 0.25) is 0 Å². The van der Waals surface area contributed by atoms with Crippen molar-refractivity contribution in [3.05, 3.63) is 46.5 Å². The Bertz CT molecular complexity index is 1620. The van der Waals surface area contributed by atoms with Gasteiger partial charge in [0.2, 0.25) is 23.4 Å². The number of nitrogens with one attached hydrogen (secondary N) is 4. The van der Waals surface area contributed by atoms with Crippen molar-refractivity contribution >= 4 is 46.7 Å². The van der Waals surface area contributed by atoms with E-state index in [1.54, 1.807) is 0 Å². The van der Waals surface area contributed by atoms with Gasteiger partial charge in [-0.2, -0.15) is 26.3 Å². The van der Waals surface area contributed by atoms with E-state index in [1.165, 1.54) is 26.0 Å². The summed E-state index contributed by atoms with van der Waals surface area (Å²) in [6.07, 6.45) is -13.7. The highest BCUT2D eigenvalue weighted by Gasteiger charge is 2.46. The monoisotopic (exact) mass is 750 g/mol. The summed E-state index contributed by atoms with van der Waals surface area (Å²) in [5.41, 5.74) is 7.21. The highest BCUT2D eigenvalue weighted by Crippen LogP contribution is 2.44. The van der Waals surface area contributed by atoms with E-state index in [-0.39, 0.29) is 37.6 Å². The smallest absolute Gasteiger partial charge is 0.419 e. The number of hydrogen-bond acceptors (Lipinski definition) is 14. The molecule has 0 bridgehead atoms. The van der Waals surface area contributed by atoms with E-state index in [4.69, 9.17) is 11.5 Å². The van der Waals surface area contributed by atoms with Crippen LogP contribution in [0.25, 0.3) is 0 Å². The number of carbonyl (C=O) groups excluding carboxylic acids is 6. The maximum absolute atomic E-state index is 14.1. The summed E-state index contributed by atoms with van der Waals surface area (Å²) < 4.78 is 87.5. The third-order valence-electron chi connectivity index (χ3n) is 7.23. The van der Waals surface area contributed by atoms with E-state index in [0.717, 1.165) is 0 Å². The number of aliphatic hydroxyl groups is 2. The number of fused-ring (bicyclic) bond motifs is 2. The van der Waals surface area contributed by atoms with Crippen LogP contribution in [0.1, 0.15) is 45.7 Å². The second-order valence-electron chi connectivity index (χ2n) is 11.1. The number of hydrogen-bond donors (Lipinski definition) is 8. The molecule has 2 aromatic rings. The number of rotatable bonds is 14. The first-order chi connectivity index (χ1) is 24.1. The zero-order valence-corrected chi connectivity index (χ0v) is 27.0. The number of esters is 2.